The van der Waals surface area contributed by atoms with Crippen molar-refractivity contribution in [3.05, 3.63) is 12.7 Å². The number of imidazole rings is 1. The van der Waals surface area contributed by atoms with Crippen LogP contribution in [0.15, 0.2) is 12.7 Å². The maximum atomic E-state index is 15.6. The number of fused-ring (bicyclic) bond motifs is 2. The number of ether oxygens (including phenoxy) is 3. The molecule has 1 aliphatic carbocycles. The fourth-order valence-electron chi connectivity index (χ4n) is 4.73. The zero-order valence-electron chi connectivity index (χ0n) is 16.6. The number of alkyl halides is 1. The Morgan fingerprint density at radius 3 is 2.93 bits per heavy atom. The van der Waals surface area contributed by atoms with Gasteiger partial charge in [-0.1, -0.05) is 0 Å². The van der Waals surface area contributed by atoms with Crippen LogP contribution in [0.5, 0.6) is 0 Å². The van der Waals surface area contributed by atoms with Crippen molar-refractivity contribution in [3.8, 4) is 0 Å². The summed E-state index contributed by atoms with van der Waals surface area (Å²) < 4.78 is 42.6. The minimum atomic E-state index is -2.40. The van der Waals surface area contributed by atoms with Gasteiger partial charge in [-0.15, -0.1) is 0 Å². The maximum Gasteiger partial charge on any atom is 0.263 e. The Hall–Kier alpha value is -1.88. The third-order valence-corrected chi connectivity index (χ3v) is 5.93. The number of aromatic nitrogens is 4. The highest BCUT2D eigenvalue weighted by molar-refractivity contribution is 5.82. The number of rotatable bonds is 4. The van der Waals surface area contributed by atoms with Crippen LogP contribution in [0, 0.1) is 0 Å². The molecule has 2 N–H and O–H groups in total. The van der Waals surface area contributed by atoms with E-state index in [1.54, 1.807) is 11.5 Å². The minimum absolute atomic E-state index is 0.186. The van der Waals surface area contributed by atoms with Crippen LogP contribution in [0.2, 0.25) is 0 Å². The maximum absolute atomic E-state index is 15.6. The fourth-order valence-corrected chi connectivity index (χ4v) is 4.73. The van der Waals surface area contributed by atoms with Crippen molar-refractivity contribution in [1.29, 1.82) is 0 Å². The summed E-state index contributed by atoms with van der Waals surface area (Å²) in [6.45, 7) is 1.50. The van der Waals surface area contributed by atoms with Gasteiger partial charge in [0.25, 0.3) is 5.85 Å². The van der Waals surface area contributed by atoms with Crippen LogP contribution in [0.3, 0.4) is 0 Å². The standard InChI is InChI=1S/C18H24FN5O4/c1-3-20-12-11-13(22-9-21-12)24(10-23-11)15-16(2)14(18(19,8-25)27-15)26-17(28-16)6-4-5-7-17/h9-10,14-15,25H,3-8H2,1-2H3,(H,20,21,22)/t14-,15+,16+,18+/m0/s1/i1T. The van der Waals surface area contributed by atoms with Crippen molar-refractivity contribution in [2.45, 2.75) is 69.1 Å². The molecule has 28 heavy (non-hydrogen) atoms. The van der Waals surface area contributed by atoms with Gasteiger partial charge in [0.1, 0.15) is 18.5 Å². The Balaban J connectivity index is 1.57. The van der Waals surface area contributed by atoms with Gasteiger partial charge in [0, 0.05) is 20.8 Å². The number of hydrogen-bond acceptors (Lipinski definition) is 8. The second-order valence-corrected chi connectivity index (χ2v) is 7.79. The normalized spacial score (nSPS) is 36.9. The number of nitrogens with zero attached hydrogens (tertiary/aromatic N) is 4. The van der Waals surface area contributed by atoms with Gasteiger partial charge in [-0.2, -0.15) is 0 Å². The quantitative estimate of drug-likeness (QED) is 0.809. The highest BCUT2D eigenvalue weighted by Crippen LogP contribution is 2.59. The van der Waals surface area contributed by atoms with Crippen LogP contribution in [-0.4, -0.2) is 61.1 Å². The fraction of sp³-hybridized carbons (Fsp3) is 0.722. The first-order valence-electron chi connectivity index (χ1n) is 10.2. The van der Waals surface area contributed by atoms with E-state index < -0.39 is 36.2 Å². The van der Waals surface area contributed by atoms with Gasteiger partial charge in [0.2, 0.25) is 0 Å². The van der Waals surface area contributed by atoms with Gasteiger partial charge in [-0.25, -0.2) is 19.3 Å². The molecule has 2 saturated heterocycles. The minimum Gasteiger partial charge on any atom is -0.390 e. The third-order valence-electron chi connectivity index (χ3n) is 5.93. The molecule has 0 aromatic carbocycles. The molecule has 0 bridgehead atoms. The molecule has 10 heteroatoms. The van der Waals surface area contributed by atoms with Gasteiger partial charge in [0.15, 0.2) is 35.1 Å². The predicted octanol–water partition coefficient (Wildman–Crippen LogP) is 1.89. The average Bonchev–Trinajstić information content (AvgIpc) is 3.45. The van der Waals surface area contributed by atoms with Gasteiger partial charge >= 0.3 is 0 Å². The summed E-state index contributed by atoms with van der Waals surface area (Å²) >= 11 is 0. The third kappa shape index (κ3) is 2.35. The summed E-state index contributed by atoms with van der Waals surface area (Å²) in [5.41, 5.74) is -0.245. The number of aliphatic hydroxyl groups is 1. The molecule has 0 unspecified atom stereocenters. The van der Waals surface area contributed by atoms with Crippen molar-refractivity contribution >= 4 is 17.0 Å². The molecule has 2 aromatic heterocycles. The van der Waals surface area contributed by atoms with Crippen molar-refractivity contribution in [2.75, 3.05) is 18.5 Å². The molecular weight excluding hydrogens is 369 g/mol. The van der Waals surface area contributed by atoms with E-state index in [2.05, 4.69) is 20.3 Å². The predicted molar refractivity (Wildman–Crippen MR) is 96.1 cm³/mol. The molecule has 4 heterocycles. The second kappa shape index (κ2) is 6.06. The summed E-state index contributed by atoms with van der Waals surface area (Å²) in [5.74, 6) is -2.76. The lowest BCUT2D eigenvalue weighted by Crippen LogP contribution is -2.46. The second-order valence-electron chi connectivity index (χ2n) is 7.79. The monoisotopic (exact) mass is 395 g/mol. The highest BCUT2D eigenvalue weighted by Gasteiger charge is 2.73. The van der Waals surface area contributed by atoms with Crippen LogP contribution in [0.1, 0.15) is 47.1 Å². The van der Waals surface area contributed by atoms with Crippen LogP contribution < -0.4 is 5.32 Å². The zero-order valence-corrected chi connectivity index (χ0v) is 15.6. The molecule has 3 aliphatic rings. The first kappa shape index (κ1) is 17.0. The molecule has 152 valence electrons. The molecule has 3 fully saturated rings. The molecule has 1 spiro atoms. The molecule has 5 rings (SSSR count). The summed E-state index contributed by atoms with van der Waals surface area (Å²) in [7, 11) is 0. The Labute approximate surface area is 162 Å². The largest absolute Gasteiger partial charge is 0.390 e. The molecule has 2 aliphatic heterocycles. The average molecular weight is 395 g/mol. The molecule has 1 saturated carbocycles. The first-order chi connectivity index (χ1) is 13.9. The van der Waals surface area contributed by atoms with E-state index in [1.165, 1.54) is 12.7 Å². The summed E-state index contributed by atoms with van der Waals surface area (Å²) in [4.78, 5) is 12.9. The van der Waals surface area contributed by atoms with Crippen LogP contribution in [0.4, 0.5) is 10.2 Å². The summed E-state index contributed by atoms with van der Waals surface area (Å²) in [6.07, 6.45) is 4.11. The Bertz CT molecular complexity index is 925. The molecule has 0 amide bonds. The zero-order chi connectivity index (χ0) is 20.3. The summed E-state index contributed by atoms with van der Waals surface area (Å²) in [6, 6.07) is 0. The number of anilines is 1. The number of hydrogen-bond donors (Lipinski definition) is 2. The lowest BCUT2D eigenvalue weighted by Gasteiger charge is -2.31. The van der Waals surface area contributed by atoms with E-state index in [1.807, 2.05) is 0 Å². The molecule has 2 aromatic rings. The van der Waals surface area contributed by atoms with Gasteiger partial charge in [-0.05, 0) is 26.7 Å². The SMILES string of the molecule is [3H]CCNc1ncnc2c1ncn2[C@@H]1O[C@](F)(CO)[C@H]2OC3(CCCC3)O[C@@]12C. The van der Waals surface area contributed by atoms with Crippen molar-refractivity contribution < 1.29 is 25.1 Å². The van der Waals surface area contributed by atoms with E-state index in [-0.39, 0.29) is 6.90 Å². The molecule has 4 atom stereocenters. The first-order valence-corrected chi connectivity index (χ1v) is 9.51. The Morgan fingerprint density at radius 1 is 1.36 bits per heavy atom. The van der Waals surface area contributed by atoms with E-state index in [9.17, 15) is 5.11 Å². The number of aliphatic hydroxyl groups excluding tert-OH is 1. The number of halogens is 1. The highest BCUT2D eigenvalue weighted by atomic mass is 19.2. The van der Waals surface area contributed by atoms with Gasteiger partial charge < -0.3 is 24.6 Å². The molecular formula is C18H24FN5O4. The van der Waals surface area contributed by atoms with E-state index >= 15 is 4.39 Å². The van der Waals surface area contributed by atoms with Crippen molar-refractivity contribution in [1.82, 2.24) is 19.5 Å². The number of nitrogens with one attached hydrogen (secondary N) is 1. The van der Waals surface area contributed by atoms with Gasteiger partial charge in [0.05, 0.1) is 6.33 Å². The van der Waals surface area contributed by atoms with Crippen molar-refractivity contribution in [3.63, 3.8) is 0 Å². The van der Waals surface area contributed by atoms with E-state index in [0.29, 0.717) is 36.4 Å². The Kier molecular flexibility index (Phi) is 3.68. The van der Waals surface area contributed by atoms with Crippen molar-refractivity contribution in [2.24, 2.45) is 0 Å². The van der Waals surface area contributed by atoms with E-state index in [0.717, 1.165) is 12.8 Å². The van der Waals surface area contributed by atoms with E-state index in [4.69, 9.17) is 15.6 Å². The summed E-state index contributed by atoms with van der Waals surface area (Å²) in [5, 5.41) is 12.8. The topological polar surface area (TPSA) is 104 Å². The smallest absolute Gasteiger partial charge is 0.263 e. The van der Waals surface area contributed by atoms with Crippen LogP contribution in [0.25, 0.3) is 11.2 Å². The Morgan fingerprint density at radius 2 is 2.18 bits per heavy atom. The van der Waals surface area contributed by atoms with Gasteiger partial charge in [-0.3, -0.25) is 4.57 Å². The molecule has 9 nitrogen and oxygen atoms in total. The lowest BCUT2D eigenvalue weighted by atomic mass is 9.95. The lowest BCUT2D eigenvalue weighted by molar-refractivity contribution is -0.278. The van der Waals surface area contributed by atoms with Crippen LogP contribution >= 0.6 is 0 Å². The van der Waals surface area contributed by atoms with Crippen LogP contribution in [-0.2, 0) is 14.2 Å². The molecule has 0 radical (unpaired) electrons.